The summed E-state index contributed by atoms with van der Waals surface area (Å²) in [6.45, 7) is 2.25. The number of ether oxygens (including phenoxy) is 2. The zero-order valence-corrected chi connectivity index (χ0v) is 18.8. The molecule has 0 bridgehead atoms. The van der Waals surface area contributed by atoms with E-state index in [9.17, 15) is 13.2 Å². The number of aryl methyl sites for hydroxylation is 1. The van der Waals surface area contributed by atoms with Crippen LogP contribution < -0.4 is 19.5 Å². The second-order valence-corrected chi connectivity index (χ2v) is 8.86. The number of rotatable bonds is 10. The van der Waals surface area contributed by atoms with Crippen molar-refractivity contribution in [2.45, 2.75) is 18.2 Å². The van der Waals surface area contributed by atoms with Gasteiger partial charge in [0.05, 0.1) is 12.0 Å². The second-order valence-electron chi connectivity index (χ2n) is 7.18. The van der Waals surface area contributed by atoms with E-state index in [1.807, 2.05) is 43.3 Å². The lowest BCUT2D eigenvalue weighted by molar-refractivity contribution is -0.123. The van der Waals surface area contributed by atoms with E-state index in [0.717, 1.165) is 16.9 Å². The molecule has 0 unspecified atom stereocenters. The molecule has 168 valence electrons. The average molecular weight is 455 g/mol. The van der Waals surface area contributed by atoms with Crippen molar-refractivity contribution in [3.63, 3.8) is 0 Å². The summed E-state index contributed by atoms with van der Waals surface area (Å²) >= 11 is 0. The van der Waals surface area contributed by atoms with Crippen LogP contribution in [-0.2, 0) is 21.2 Å². The summed E-state index contributed by atoms with van der Waals surface area (Å²) in [7, 11) is -2.09. The summed E-state index contributed by atoms with van der Waals surface area (Å²) in [5.74, 6) is 0.941. The third kappa shape index (κ3) is 6.75. The zero-order valence-electron chi connectivity index (χ0n) is 18.0. The SMILES string of the molecule is COc1ccc(CCNC(=O)COc2ccc(S(=O)(=O)Nc3ccc(C)cc3)cc2)cc1. The Morgan fingerprint density at radius 2 is 1.50 bits per heavy atom. The Labute approximate surface area is 188 Å². The summed E-state index contributed by atoms with van der Waals surface area (Å²) in [5.41, 5.74) is 2.62. The average Bonchev–Trinajstić information content (AvgIpc) is 2.80. The lowest BCUT2D eigenvalue weighted by Crippen LogP contribution is -2.30. The van der Waals surface area contributed by atoms with Gasteiger partial charge in [-0.3, -0.25) is 9.52 Å². The van der Waals surface area contributed by atoms with E-state index in [1.165, 1.54) is 24.3 Å². The molecule has 0 heterocycles. The molecule has 3 rings (SSSR count). The van der Waals surface area contributed by atoms with Crippen LogP contribution in [0, 0.1) is 6.92 Å². The molecule has 32 heavy (non-hydrogen) atoms. The molecule has 0 aliphatic rings. The van der Waals surface area contributed by atoms with Crippen molar-refractivity contribution in [2.24, 2.45) is 0 Å². The molecule has 0 aliphatic heterocycles. The van der Waals surface area contributed by atoms with Gasteiger partial charge in [0.1, 0.15) is 11.5 Å². The van der Waals surface area contributed by atoms with Gasteiger partial charge in [0.15, 0.2) is 6.61 Å². The number of carbonyl (C=O) groups is 1. The molecule has 3 aromatic rings. The first kappa shape index (κ1) is 23.1. The number of carbonyl (C=O) groups excluding carboxylic acids is 1. The van der Waals surface area contributed by atoms with Crippen LogP contribution in [0.15, 0.2) is 77.7 Å². The predicted molar refractivity (Wildman–Crippen MR) is 124 cm³/mol. The summed E-state index contributed by atoms with van der Waals surface area (Å²) in [4.78, 5) is 12.1. The fourth-order valence-electron chi connectivity index (χ4n) is 2.89. The number of amides is 1. The van der Waals surface area contributed by atoms with Crippen LogP contribution in [0.5, 0.6) is 11.5 Å². The van der Waals surface area contributed by atoms with Gasteiger partial charge in [0.25, 0.3) is 15.9 Å². The number of hydrogen-bond donors (Lipinski definition) is 2. The first-order valence-corrected chi connectivity index (χ1v) is 11.6. The van der Waals surface area contributed by atoms with Crippen LogP contribution in [-0.4, -0.2) is 34.6 Å². The number of nitrogens with one attached hydrogen (secondary N) is 2. The van der Waals surface area contributed by atoms with E-state index in [4.69, 9.17) is 9.47 Å². The van der Waals surface area contributed by atoms with E-state index in [0.29, 0.717) is 24.4 Å². The van der Waals surface area contributed by atoms with E-state index in [2.05, 4.69) is 10.0 Å². The van der Waals surface area contributed by atoms with Crippen molar-refractivity contribution in [3.05, 3.63) is 83.9 Å². The molecule has 0 atom stereocenters. The molecule has 0 fully saturated rings. The van der Waals surface area contributed by atoms with Gasteiger partial charge in [-0.1, -0.05) is 29.8 Å². The zero-order chi connectivity index (χ0) is 23.0. The molecular weight excluding hydrogens is 428 g/mol. The number of sulfonamides is 1. The molecular formula is C24H26N2O5S. The number of hydrogen-bond acceptors (Lipinski definition) is 5. The predicted octanol–water partition coefficient (Wildman–Crippen LogP) is 3.54. The van der Waals surface area contributed by atoms with Crippen molar-refractivity contribution < 1.29 is 22.7 Å². The van der Waals surface area contributed by atoms with Crippen molar-refractivity contribution in [2.75, 3.05) is 25.0 Å². The Morgan fingerprint density at radius 3 is 2.12 bits per heavy atom. The smallest absolute Gasteiger partial charge is 0.261 e. The highest BCUT2D eigenvalue weighted by Gasteiger charge is 2.14. The maximum absolute atomic E-state index is 12.5. The molecule has 1 amide bonds. The van der Waals surface area contributed by atoms with Gasteiger partial charge in [-0.2, -0.15) is 0 Å². The molecule has 2 N–H and O–H groups in total. The number of benzene rings is 3. The van der Waals surface area contributed by atoms with Gasteiger partial charge in [-0.15, -0.1) is 0 Å². The van der Waals surface area contributed by atoms with Crippen molar-refractivity contribution >= 4 is 21.6 Å². The van der Waals surface area contributed by atoms with Crippen molar-refractivity contribution in [1.82, 2.24) is 5.32 Å². The third-order valence-electron chi connectivity index (χ3n) is 4.70. The number of anilines is 1. The van der Waals surface area contributed by atoms with E-state index in [-0.39, 0.29) is 17.4 Å². The Morgan fingerprint density at radius 1 is 0.875 bits per heavy atom. The van der Waals surface area contributed by atoms with Crippen LogP contribution in [0.2, 0.25) is 0 Å². The largest absolute Gasteiger partial charge is 0.497 e. The van der Waals surface area contributed by atoms with Crippen LogP contribution in [0.4, 0.5) is 5.69 Å². The van der Waals surface area contributed by atoms with Crippen LogP contribution in [0.1, 0.15) is 11.1 Å². The van der Waals surface area contributed by atoms with Gasteiger partial charge in [-0.05, 0) is 67.4 Å². The lowest BCUT2D eigenvalue weighted by atomic mass is 10.1. The van der Waals surface area contributed by atoms with E-state index in [1.54, 1.807) is 19.2 Å². The molecule has 7 nitrogen and oxygen atoms in total. The minimum absolute atomic E-state index is 0.106. The Kier molecular flexibility index (Phi) is 7.72. The molecule has 0 radical (unpaired) electrons. The lowest BCUT2D eigenvalue weighted by Gasteiger charge is -2.10. The Hall–Kier alpha value is -3.52. The normalized spacial score (nSPS) is 10.9. The van der Waals surface area contributed by atoms with Crippen molar-refractivity contribution in [1.29, 1.82) is 0 Å². The first-order chi connectivity index (χ1) is 15.4. The Bertz CT molecular complexity index is 1130. The minimum atomic E-state index is -3.71. The van der Waals surface area contributed by atoms with Crippen molar-refractivity contribution in [3.8, 4) is 11.5 Å². The maximum atomic E-state index is 12.5. The molecule has 0 spiro atoms. The first-order valence-electron chi connectivity index (χ1n) is 10.1. The highest BCUT2D eigenvalue weighted by Crippen LogP contribution is 2.19. The molecule has 8 heteroatoms. The Balaban J connectivity index is 1.45. The van der Waals surface area contributed by atoms with E-state index < -0.39 is 10.0 Å². The molecule has 0 aromatic heterocycles. The van der Waals surface area contributed by atoms with Gasteiger partial charge in [0.2, 0.25) is 0 Å². The fourth-order valence-corrected chi connectivity index (χ4v) is 3.95. The third-order valence-corrected chi connectivity index (χ3v) is 6.10. The molecule has 3 aromatic carbocycles. The molecule has 0 aliphatic carbocycles. The van der Waals surface area contributed by atoms with Crippen LogP contribution >= 0.6 is 0 Å². The van der Waals surface area contributed by atoms with Gasteiger partial charge >= 0.3 is 0 Å². The second kappa shape index (κ2) is 10.7. The minimum Gasteiger partial charge on any atom is -0.497 e. The summed E-state index contributed by atoms with van der Waals surface area (Å²) in [6, 6.07) is 20.6. The van der Waals surface area contributed by atoms with Crippen LogP contribution in [0.3, 0.4) is 0 Å². The van der Waals surface area contributed by atoms with Gasteiger partial charge < -0.3 is 14.8 Å². The summed E-state index contributed by atoms with van der Waals surface area (Å²) < 4.78 is 38.1. The van der Waals surface area contributed by atoms with Crippen LogP contribution in [0.25, 0.3) is 0 Å². The summed E-state index contributed by atoms with van der Waals surface area (Å²) in [6.07, 6.45) is 0.691. The highest BCUT2D eigenvalue weighted by atomic mass is 32.2. The number of methoxy groups -OCH3 is 1. The molecule has 0 saturated heterocycles. The topological polar surface area (TPSA) is 93.7 Å². The van der Waals surface area contributed by atoms with Gasteiger partial charge in [0, 0.05) is 12.2 Å². The quantitative estimate of drug-likeness (QED) is 0.489. The maximum Gasteiger partial charge on any atom is 0.261 e. The monoisotopic (exact) mass is 454 g/mol. The molecule has 0 saturated carbocycles. The highest BCUT2D eigenvalue weighted by molar-refractivity contribution is 7.92. The van der Waals surface area contributed by atoms with E-state index >= 15 is 0 Å². The fraction of sp³-hybridized carbons (Fsp3) is 0.208. The standard InChI is InChI=1S/C24H26N2O5S/c1-18-3-7-20(8-4-18)26-32(28,29)23-13-11-22(12-14-23)31-17-24(27)25-16-15-19-5-9-21(30-2)10-6-19/h3-14,26H,15-17H2,1-2H3,(H,25,27). The van der Waals surface area contributed by atoms with Gasteiger partial charge in [-0.25, -0.2) is 8.42 Å². The summed E-state index contributed by atoms with van der Waals surface area (Å²) in [5, 5.41) is 2.80.